The number of esters is 1. The molecule has 0 spiro atoms. The number of allylic oxidation sites excluding steroid dienone is 1. The smallest absolute Gasteiger partial charge is 0.338 e. The van der Waals surface area contributed by atoms with E-state index >= 15 is 0 Å². The Bertz CT molecular complexity index is 661. The van der Waals surface area contributed by atoms with E-state index in [1.54, 1.807) is 11.3 Å². The predicted molar refractivity (Wildman–Crippen MR) is 92.1 cm³/mol. The van der Waals surface area contributed by atoms with Crippen molar-refractivity contribution < 1.29 is 14.3 Å². The molecule has 0 amide bonds. The van der Waals surface area contributed by atoms with Crippen molar-refractivity contribution in [2.75, 3.05) is 7.11 Å². The van der Waals surface area contributed by atoms with E-state index in [4.69, 9.17) is 4.74 Å². The molecule has 1 aromatic heterocycles. The summed E-state index contributed by atoms with van der Waals surface area (Å²) in [4.78, 5) is 26.3. The molecule has 0 radical (unpaired) electrons. The number of ether oxygens (including phenoxy) is 1. The first-order valence-corrected chi connectivity index (χ1v) is 9.10. The van der Waals surface area contributed by atoms with Crippen LogP contribution in [0.2, 0.25) is 0 Å². The Balaban J connectivity index is 2.02. The van der Waals surface area contributed by atoms with Crippen LogP contribution in [0.4, 0.5) is 0 Å². The lowest BCUT2D eigenvalue weighted by atomic mass is 9.76. The van der Waals surface area contributed by atoms with Crippen LogP contribution in [0.5, 0.6) is 0 Å². The van der Waals surface area contributed by atoms with Crippen molar-refractivity contribution in [3.63, 3.8) is 0 Å². The summed E-state index contributed by atoms with van der Waals surface area (Å²) >= 11 is 1.57. The number of rotatable bonds is 3. The van der Waals surface area contributed by atoms with E-state index in [-0.39, 0.29) is 11.7 Å². The first-order valence-electron chi connectivity index (χ1n) is 8.22. The topological polar surface area (TPSA) is 43.4 Å². The molecule has 2 aliphatic carbocycles. The second-order valence-electron chi connectivity index (χ2n) is 6.36. The molecule has 1 heterocycles. The van der Waals surface area contributed by atoms with Gasteiger partial charge in [0.25, 0.3) is 0 Å². The minimum atomic E-state index is -0.392. The number of Topliss-reactive ketones (excluding diaryl/α,β-unsaturated/α-hetero) is 1. The van der Waals surface area contributed by atoms with Crippen molar-refractivity contribution in [3.05, 3.63) is 39.1 Å². The fraction of sp³-hybridized carbons (Fsp3) is 0.474. The summed E-state index contributed by atoms with van der Waals surface area (Å²) in [5.41, 5.74) is 1.92. The first kappa shape index (κ1) is 16.2. The summed E-state index contributed by atoms with van der Waals surface area (Å²) in [6.45, 7) is 1.93. The van der Waals surface area contributed by atoms with Gasteiger partial charge in [0, 0.05) is 16.4 Å². The van der Waals surface area contributed by atoms with Crippen LogP contribution in [0, 0.1) is 11.8 Å². The minimum Gasteiger partial charge on any atom is -0.465 e. The van der Waals surface area contributed by atoms with Crippen LogP contribution in [-0.2, 0) is 14.3 Å². The van der Waals surface area contributed by atoms with E-state index in [0.717, 1.165) is 23.3 Å². The van der Waals surface area contributed by atoms with Crippen LogP contribution in [0.25, 0.3) is 6.08 Å². The second kappa shape index (κ2) is 6.83. The molecule has 4 heteroatoms. The molecule has 1 unspecified atom stereocenters. The SMILES string of the molecule is COC(=O)C1=C(C)C(C2CCCCC2)C(=O)/C1=C\c1cccs1. The van der Waals surface area contributed by atoms with Crippen molar-refractivity contribution in [2.45, 2.75) is 39.0 Å². The number of hydrogen-bond acceptors (Lipinski definition) is 4. The van der Waals surface area contributed by atoms with Gasteiger partial charge in [-0.25, -0.2) is 4.79 Å². The highest BCUT2D eigenvalue weighted by atomic mass is 32.1. The highest BCUT2D eigenvalue weighted by Gasteiger charge is 2.42. The number of thiophene rings is 1. The lowest BCUT2D eigenvalue weighted by Crippen LogP contribution is -2.23. The average Bonchev–Trinajstić information content (AvgIpc) is 3.15. The highest BCUT2D eigenvalue weighted by molar-refractivity contribution is 7.10. The van der Waals surface area contributed by atoms with E-state index in [1.165, 1.54) is 26.4 Å². The first-order chi connectivity index (χ1) is 11.1. The fourth-order valence-electron chi connectivity index (χ4n) is 3.92. The third kappa shape index (κ3) is 3.05. The zero-order valence-electron chi connectivity index (χ0n) is 13.6. The number of hydrogen-bond donors (Lipinski definition) is 0. The van der Waals surface area contributed by atoms with Gasteiger partial charge in [0.15, 0.2) is 5.78 Å². The standard InChI is InChI=1S/C19H22O3S/c1-12-16(13-7-4-3-5-8-13)18(20)15(17(12)19(21)22-2)11-14-9-6-10-23-14/h6,9-11,13,16H,3-5,7-8H2,1-2H3/b15-11-. The summed E-state index contributed by atoms with van der Waals surface area (Å²) in [6.07, 6.45) is 7.62. The molecule has 3 nitrogen and oxygen atoms in total. The van der Waals surface area contributed by atoms with Crippen molar-refractivity contribution >= 4 is 29.2 Å². The molecule has 3 rings (SSSR count). The number of carbonyl (C=O) groups is 2. The minimum absolute atomic E-state index is 0.100. The molecule has 1 atom stereocenters. The third-order valence-corrected chi connectivity index (χ3v) is 5.84. The van der Waals surface area contributed by atoms with Gasteiger partial charge in [0.1, 0.15) is 0 Å². The largest absolute Gasteiger partial charge is 0.465 e. The molecule has 0 aromatic carbocycles. The molecule has 2 aliphatic rings. The monoisotopic (exact) mass is 330 g/mol. The van der Waals surface area contributed by atoms with Crippen LogP contribution < -0.4 is 0 Å². The highest BCUT2D eigenvalue weighted by Crippen LogP contribution is 2.43. The zero-order valence-corrected chi connectivity index (χ0v) is 14.4. The van der Waals surface area contributed by atoms with Gasteiger partial charge in [-0.15, -0.1) is 11.3 Å². The Hall–Kier alpha value is -1.68. The van der Waals surface area contributed by atoms with Crippen molar-refractivity contribution in [3.8, 4) is 0 Å². The summed E-state index contributed by atoms with van der Waals surface area (Å²) in [5.74, 6) is -0.0686. The molecule has 1 fully saturated rings. The maximum atomic E-state index is 13.1. The molecule has 0 saturated heterocycles. The maximum Gasteiger partial charge on any atom is 0.338 e. The lowest BCUT2D eigenvalue weighted by molar-refractivity contribution is -0.136. The Morgan fingerprint density at radius 1 is 1.30 bits per heavy atom. The maximum absolute atomic E-state index is 13.1. The van der Waals surface area contributed by atoms with Crippen molar-refractivity contribution in [1.29, 1.82) is 0 Å². The lowest BCUT2D eigenvalue weighted by Gasteiger charge is -2.27. The van der Waals surface area contributed by atoms with Gasteiger partial charge in [-0.3, -0.25) is 4.79 Å². The number of ketones is 1. The Morgan fingerprint density at radius 3 is 2.65 bits per heavy atom. The van der Waals surface area contributed by atoms with Crippen molar-refractivity contribution in [1.82, 2.24) is 0 Å². The third-order valence-electron chi connectivity index (χ3n) is 5.02. The quantitative estimate of drug-likeness (QED) is 0.609. The summed E-state index contributed by atoms with van der Waals surface area (Å²) < 4.78 is 4.95. The molecule has 0 aliphatic heterocycles. The van der Waals surface area contributed by atoms with Crippen LogP contribution in [-0.4, -0.2) is 18.9 Å². The average molecular weight is 330 g/mol. The van der Waals surface area contributed by atoms with E-state index in [0.29, 0.717) is 17.1 Å². The van der Waals surface area contributed by atoms with Crippen molar-refractivity contribution in [2.24, 2.45) is 11.8 Å². The fourth-order valence-corrected chi connectivity index (χ4v) is 4.58. The van der Waals surface area contributed by atoms with Gasteiger partial charge in [-0.2, -0.15) is 0 Å². The summed E-state index contributed by atoms with van der Waals surface area (Å²) in [5, 5.41) is 1.97. The van der Waals surface area contributed by atoms with Gasteiger partial charge >= 0.3 is 5.97 Å². The Morgan fingerprint density at radius 2 is 2.04 bits per heavy atom. The molecule has 1 saturated carbocycles. The predicted octanol–water partition coefficient (Wildman–Crippen LogP) is 4.40. The van der Waals surface area contributed by atoms with Gasteiger partial charge < -0.3 is 4.74 Å². The molecule has 0 N–H and O–H groups in total. The second-order valence-corrected chi connectivity index (χ2v) is 7.34. The van der Waals surface area contributed by atoms with E-state index in [2.05, 4.69) is 0 Å². The van der Waals surface area contributed by atoms with E-state index in [9.17, 15) is 9.59 Å². The molecule has 1 aromatic rings. The molecular weight excluding hydrogens is 308 g/mol. The van der Waals surface area contributed by atoms with E-state index < -0.39 is 5.97 Å². The summed E-state index contributed by atoms with van der Waals surface area (Å²) in [6, 6.07) is 3.91. The van der Waals surface area contributed by atoms with Crippen LogP contribution in [0.1, 0.15) is 43.9 Å². The van der Waals surface area contributed by atoms with Crippen LogP contribution >= 0.6 is 11.3 Å². The Kier molecular flexibility index (Phi) is 4.81. The van der Waals surface area contributed by atoms with Gasteiger partial charge in [-0.1, -0.05) is 25.3 Å². The normalized spacial score (nSPS) is 24.5. The van der Waals surface area contributed by atoms with Crippen LogP contribution in [0.3, 0.4) is 0 Å². The van der Waals surface area contributed by atoms with Gasteiger partial charge in [0.2, 0.25) is 0 Å². The summed E-state index contributed by atoms with van der Waals surface area (Å²) in [7, 11) is 1.38. The zero-order chi connectivity index (χ0) is 16.4. The molecule has 0 bridgehead atoms. The number of carbonyl (C=O) groups excluding carboxylic acids is 2. The molecule has 122 valence electrons. The van der Waals surface area contributed by atoms with Crippen LogP contribution in [0.15, 0.2) is 34.2 Å². The van der Waals surface area contributed by atoms with E-state index in [1.807, 2.05) is 30.5 Å². The molecular formula is C19H22O3S. The molecule has 23 heavy (non-hydrogen) atoms. The Labute approximate surface area is 141 Å². The van der Waals surface area contributed by atoms with Gasteiger partial charge in [-0.05, 0) is 48.8 Å². The number of methoxy groups -OCH3 is 1. The van der Waals surface area contributed by atoms with Gasteiger partial charge in [0.05, 0.1) is 12.7 Å².